The maximum atomic E-state index is 11.6. The van der Waals surface area contributed by atoms with Gasteiger partial charge in [0.1, 0.15) is 0 Å². The fourth-order valence-corrected chi connectivity index (χ4v) is 5.15. The van der Waals surface area contributed by atoms with Crippen molar-refractivity contribution in [1.82, 2.24) is 10.6 Å². The number of hydrogen-bond donors (Lipinski definition) is 2. The summed E-state index contributed by atoms with van der Waals surface area (Å²) >= 11 is 0. The molecular formula is C15H28N2O3S. The molecule has 21 heavy (non-hydrogen) atoms. The van der Waals surface area contributed by atoms with Crippen LogP contribution in [0.15, 0.2) is 0 Å². The van der Waals surface area contributed by atoms with Gasteiger partial charge in [0.15, 0.2) is 9.84 Å². The largest absolute Gasteiger partial charge is 0.338 e. The fourth-order valence-electron chi connectivity index (χ4n) is 3.48. The van der Waals surface area contributed by atoms with E-state index in [0.717, 1.165) is 31.2 Å². The Morgan fingerprint density at radius 2 is 1.67 bits per heavy atom. The van der Waals surface area contributed by atoms with Crippen LogP contribution in [0.4, 0.5) is 4.79 Å². The summed E-state index contributed by atoms with van der Waals surface area (Å²) < 4.78 is 22.0. The summed E-state index contributed by atoms with van der Waals surface area (Å²) in [7, 11) is -2.74. The van der Waals surface area contributed by atoms with Crippen molar-refractivity contribution in [2.45, 2.75) is 45.4 Å². The van der Waals surface area contributed by atoms with Gasteiger partial charge in [0.25, 0.3) is 0 Å². The maximum Gasteiger partial charge on any atom is 0.314 e. The summed E-state index contributed by atoms with van der Waals surface area (Å²) in [4.78, 5) is 11.6. The topological polar surface area (TPSA) is 75.3 Å². The van der Waals surface area contributed by atoms with Crippen molar-refractivity contribution < 1.29 is 13.2 Å². The van der Waals surface area contributed by atoms with Crippen molar-refractivity contribution >= 4 is 15.9 Å². The molecular weight excluding hydrogens is 288 g/mol. The molecule has 2 N–H and O–H groups in total. The summed E-state index contributed by atoms with van der Waals surface area (Å²) in [6, 6.07) is -0.124. The van der Waals surface area contributed by atoms with Gasteiger partial charge < -0.3 is 10.6 Å². The van der Waals surface area contributed by atoms with Crippen molar-refractivity contribution in [1.29, 1.82) is 0 Å². The molecule has 1 aliphatic heterocycles. The van der Waals surface area contributed by atoms with Gasteiger partial charge in [-0.05, 0) is 30.6 Å². The highest BCUT2D eigenvalue weighted by Gasteiger charge is 2.32. The summed E-state index contributed by atoms with van der Waals surface area (Å²) in [5.41, 5.74) is 0. The normalized spacial score (nSPS) is 28.6. The van der Waals surface area contributed by atoms with Crippen LogP contribution in [0.25, 0.3) is 0 Å². The van der Waals surface area contributed by atoms with E-state index >= 15 is 0 Å². The van der Waals surface area contributed by atoms with Crippen LogP contribution in [0.2, 0.25) is 0 Å². The molecule has 5 nitrogen and oxygen atoms in total. The van der Waals surface area contributed by atoms with Crippen LogP contribution in [0, 0.1) is 17.8 Å². The second-order valence-corrected chi connectivity index (χ2v) is 8.88. The average Bonchev–Trinajstić information content (AvgIpc) is 2.39. The Bertz CT molecular complexity index is 438. The minimum Gasteiger partial charge on any atom is -0.338 e. The molecule has 2 unspecified atom stereocenters. The molecule has 2 fully saturated rings. The number of rotatable bonds is 6. The molecule has 1 saturated carbocycles. The predicted molar refractivity (Wildman–Crippen MR) is 83.9 cm³/mol. The molecule has 0 spiro atoms. The van der Waals surface area contributed by atoms with Gasteiger partial charge in [-0.2, -0.15) is 0 Å². The van der Waals surface area contributed by atoms with Crippen LogP contribution >= 0.6 is 0 Å². The molecule has 122 valence electrons. The highest BCUT2D eigenvalue weighted by molar-refractivity contribution is 7.92. The minimum absolute atomic E-state index is 0.124. The lowest BCUT2D eigenvalue weighted by Crippen LogP contribution is -2.41. The van der Waals surface area contributed by atoms with E-state index in [2.05, 4.69) is 17.6 Å². The molecule has 2 rings (SSSR count). The second-order valence-electron chi connectivity index (χ2n) is 6.72. The lowest BCUT2D eigenvalue weighted by molar-refractivity contribution is 0.227. The fraction of sp³-hybridized carbons (Fsp3) is 0.933. The van der Waals surface area contributed by atoms with Crippen molar-refractivity contribution in [3.05, 3.63) is 0 Å². The molecule has 1 aliphatic carbocycles. The van der Waals surface area contributed by atoms with Crippen molar-refractivity contribution in [3.63, 3.8) is 0 Å². The molecule has 2 aliphatic rings. The Hall–Kier alpha value is -0.780. The van der Waals surface area contributed by atoms with Gasteiger partial charge in [-0.1, -0.05) is 32.6 Å². The number of carbonyl (C=O) groups excluding carboxylic acids is 1. The Labute approximate surface area is 128 Å². The van der Waals surface area contributed by atoms with Crippen molar-refractivity contribution in [2.75, 3.05) is 24.6 Å². The van der Waals surface area contributed by atoms with Crippen molar-refractivity contribution in [3.8, 4) is 0 Å². The highest BCUT2D eigenvalue weighted by Crippen LogP contribution is 2.31. The lowest BCUT2D eigenvalue weighted by atomic mass is 9.79. The molecule has 1 heterocycles. The standard InChI is InChI=1S/C15H28N2O3S/c1-12-4-2-3-5-14(12)7-9-17-15(18)16-8-6-13-10-21(19,20)11-13/h12-14H,2-11H2,1H3,(H2,16,17,18). The van der Waals surface area contributed by atoms with Gasteiger partial charge >= 0.3 is 6.03 Å². The van der Waals surface area contributed by atoms with E-state index in [1.165, 1.54) is 25.7 Å². The molecule has 0 bridgehead atoms. The van der Waals surface area contributed by atoms with Gasteiger partial charge in [0.2, 0.25) is 0 Å². The first-order valence-electron chi connectivity index (χ1n) is 8.18. The van der Waals surface area contributed by atoms with Gasteiger partial charge in [0.05, 0.1) is 11.5 Å². The van der Waals surface area contributed by atoms with E-state index in [1.807, 2.05) is 0 Å². The summed E-state index contributed by atoms with van der Waals surface area (Å²) in [5.74, 6) is 2.34. The van der Waals surface area contributed by atoms with Gasteiger partial charge in [-0.3, -0.25) is 0 Å². The number of amides is 2. The number of urea groups is 1. The monoisotopic (exact) mass is 316 g/mol. The number of sulfone groups is 1. The van der Waals surface area contributed by atoms with E-state index in [-0.39, 0.29) is 23.5 Å². The SMILES string of the molecule is CC1CCCCC1CCNC(=O)NCCC1CS(=O)(=O)C1. The molecule has 2 amide bonds. The average molecular weight is 316 g/mol. The molecule has 0 radical (unpaired) electrons. The third-order valence-corrected chi connectivity index (χ3v) is 6.87. The summed E-state index contributed by atoms with van der Waals surface area (Å²) in [6.45, 7) is 3.61. The summed E-state index contributed by atoms with van der Waals surface area (Å²) in [6.07, 6.45) is 7.11. The summed E-state index contributed by atoms with van der Waals surface area (Å²) in [5, 5.41) is 5.72. The van der Waals surface area contributed by atoms with E-state index in [4.69, 9.17) is 0 Å². The smallest absolute Gasteiger partial charge is 0.314 e. The first-order chi connectivity index (χ1) is 9.96. The van der Waals surface area contributed by atoms with Crippen LogP contribution < -0.4 is 10.6 Å². The molecule has 0 aromatic rings. The molecule has 1 saturated heterocycles. The van der Waals surface area contributed by atoms with E-state index in [0.29, 0.717) is 6.54 Å². The molecule has 6 heteroatoms. The predicted octanol–water partition coefficient (Wildman–Crippen LogP) is 1.94. The van der Waals surface area contributed by atoms with Crippen LogP contribution in [-0.2, 0) is 9.84 Å². The Kier molecular flexibility index (Phi) is 5.90. The lowest BCUT2D eigenvalue weighted by Gasteiger charge is -2.28. The maximum absolute atomic E-state index is 11.6. The zero-order valence-corrected chi connectivity index (χ0v) is 13.8. The van der Waals surface area contributed by atoms with Crippen LogP contribution in [0.1, 0.15) is 45.4 Å². The highest BCUT2D eigenvalue weighted by atomic mass is 32.2. The van der Waals surface area contributed by atoms with E-state index in [1.54, 1.807) is 0 Å². The molecule has 0 aromatic carbocycles. The molecule has 0 aromatic heterocycles. The Balaban J connectivity index is 1.50. The van der Waals surface area contributed by atoms with Gasteiger partial charge in [-0.25, -0.2) is 13.2 Å². The zero-order valence-electron chi connectivity index (χ0n) is 12.9. The number of hydrogen-bond acceptors (Lipinski definition) is 3. The Morgan fingerprint density at radius 3 is 2.29 bits per heavy atom. The third kappa shape index (κ3) is 5.49. The van der Waals surface area contributed by atoms with Crippen LogP contribution in [-0.4, -0.2) is 39.0 Å². The second kappa shape index (κ2) is 7.47. The first kappa shape index (κ1) is 16.6. The van der Waals surface area contributed by atoms with Gasteiger partial charge in [0, 0.05) is 13.1 Å². The van der Waals surface area contributed by atoms with Crippen LogP contribution in [0.3, 0.4) is 0 Å². The first-order valence-corrected chi connectivity index (χ1v) is 10.0. The Morgan fingerprint density at radius 1 is 1.05 bits per heavy atom. The van der Waals surface area contributed by atoms with Gasteiger partial charge in [-0.15, -0.1) is 0 Å². The quantitative estimate of drug-likeness (QED) is 0.786. The number of nitrogens with one attached hydrogen (secondary N) is 2. The number of carbonyl (C=O) groups is 1. The van der Waals surface area contributed by atoms with Crippen molar-refractivity contribution in [2.24, 2.45) is 17.8 Å². The van der Waals surface area contributed by atoms with Crippen LogP contribution in [0.5, 0.6) is 0 Å². The minimum atomic E-state index is -2.74. The molecule has 2 atom stereocenters. The van der Waals surface area contributed by atoms with E-state index < -0.39 is 9.84 Å². The third-order valence-electron chi connectivity index (χ3n) is 4.91. The zero-order chi connectivity index (χ0) is 15.3. The van der Waals surface area contributed by atoms with E-state index in [9.17, 15) is 13.2 Å².